The Bertz CT molecular complexity index is 1190. The van der Waals surface area contributed by atoms with Crippen LogP contribution in [0.1, 0.15) is 31.7 Å². The molecular formula is C25H27ClN4O4. The summed E-state index contributed by atoms with van der Waals surface area (Å²) in [6, 6.07) is 12.6. The maximum absolute atomic E-state index is 13.5. The largest absolute Gasteiger partial charge is 0.495 e. The minimum Gasteiger partial charge on any atom is -0.495 e. The third kappa shape index (κ3) is 4.92. The lowest BCUT2D eigenvalue weighted by molar-refractivity contribution is -0.138. The number of amides is 2. The molecule has 1 saturated heterocycles. The van der Waals surface area contributed by atoms with Crippen LogP contribution < -0.4 is 9.64 Å². The first-order chi connectivity index (χ1) is 16.3. The molecule has 0 N–H and O–H groups in total. The minimum atomic E-state index is -0.473. The number of aryl methyl sites for hydroxylation is 1. The van der Waals surface area contributed by atoms with E-state index in [2.05, 4.69) is 10.2 Å². The Balaban J connectivity index is 1.50. The van der Waals surface area contributed by atoms with Crippen molar-refractivity contribution >= 4 is 29.1 Å². The van der Waals surface area contributed by atoms with Crippen LogP contribution in [0.25, 0.3) is 11.5 Å². The number of halogens is 1. The van der Waals surface area contributed by atoms with Gasteiger partial charge in [-0.05, 0) is 62.7 Å². The molecule has 3 aromatic rings. The number of carbonyl (C=O) groups is 2. The SMILES string of the molecule is COc1ccc(C)cc1N1CC(C(=O)N(Cc2nnc(-c3ccc(Cl)cc3)o2)C(C)C)CC1=O. The van der Waals surface area contributed by atoms with Crippen molar-refractivity contribution in [2.24, 2.45) is 5.92 Å². The number of hydrogen-bond donors (Lipinski definition) is 0. The molecule has 0 spiro atoms. The molecule has 0 saturated carbocycles. The molecule has 1 fully saturated rings. The monoisotopic (exact) mass is 482 g/mol. The first-order valence-corrected chi connectivity index (χ1v) is 11.5. The Hall–Kier alpha value is -3.39. The molecule has 2 amide bonds. The highest BCUT2D eigenvalue weighted by Crippen LogP contribution is 2.34. The third-order valence-corrected chi connectivity index (χ3v) is 6.12. The van der Waals surface area contributed by atoms with Crippen molar-refractivity contribution in [3.05, 3.63) is 58.9 Å². The molecule has 4 rings (SSSR count). The lowest BCUT2D eigenvalue weighted by Crippen LogP contribution is -2.41. The molecule has 0 radical (unpaired) electrons. The zero-order valence-electron chi connectivity index (χ0n) is 19.6. The Morgan fingerprint density at radius 1 is 1.24 bits per heavy atom. The van der Waals surface area contributed by atoms with Crippen LogP contribution in [-0.2, 0) is 16.1 Å². The molecule has 2 heterocycles. The predicted octanol–water partition coefficient (Wildman–Crippen LogP) is 4.50. The van der Waals surface area contributed by atoms with Gasteiger partial charge in [-0.25, -0.2) is 0 Å². The summed E-state index contributed by atoms with van der Waals surface area (Å²) in [5.41, 5.74) is 2.44. The topological polar surface area (TPSA) is 88.8 Å². The fourth-order valence-electron chi connectivity index (χ4n) is 4.04. The molecule has 1 aromatic heterocycles. The molecule has 1 aliphatic rings. The first-order valence-electron chi connectivity index (χ1n) is 11.1. The van der Waals surface area contributed by atoms with E-state index in [0.717, 1.165) is 11.1 Å². The van der Waals surface area contributed by atoms with Crippen LogP contribution in [0.15, 0.2) is 46.9 Å². The van der Waals surface area contributed by atoms with Crippen LogP contribution in [0.4, 0.5) is 5.69 Å². The number of hydrogen-bond acceptors (Lipinski definition) is 6. The van der Waals surface area contributed by atoms with Gasteiger partial charge in [-0.15, -0.1) is 10.2 Å². The summed E-state index contributed by atoms with van der Waals surface area (Å²) in [4.78, 5) is 29.6. The van der Waals surface area contributed by atoms with Gasteiger partial charge in [-0.3, -0.25) is 9.59 Å². The fraction of sp³-hybridized carbons (Fsp3) is 0.360. The van der Waals surface area contributed by atoms with Gasteiger partial charge >= 0.3 is 0 Å². The van der Waals surface area contributed by atoms with E-state index in [1.54, 1.807) is 41.2 Å². The summed E-state index contributed by atoms with van der Waals surface area (Å²) in [5, 5.41) is 8.84. The maximum atomic E-state index is 13.5. The smallest absolute Gasteiger partial charge is 0.247 e. The molecule has 1 unspecified atom stereocenters. The number of anilines is 1. The maximum Gasteiger partial charge on any atom is 0.247 e. The van der Waals surface area contributed by atoms with Crippen molar-refractivity contribution in [1.29, 1.82) is 0 Å². The molecule has 9 heteroatoms. The van der Waals surface area contributed by atoms with E-state index in [1.807, 2.05) is 39.0 Å². The molecule has 8 nitrogen and oxygen atoms in total. The molecule has 0 bridgehead atoms. The summed E-state index contributed by atoms with van der Waals surface area (Å²) in [7, 11) is 1.57. The standard InChI is InChI=1S/C25H27ClN4O4/c1-15(2)29(14-22-27-28-24(34-22)17-6-8-19(26)9-7-17)25(32)18-12-23(31)30(13-18)20-11-16(3)5-10-21(20)33-4/h5-11,15,18H,12-14H2,1-4H3. The van der Waals surface area contributed by atoms with Gasteiger partial charge in [0.2, 0.25) is 23.6 Å². The first kappa shape index (κ1) is 23.8. The van der Waals surface area contributed by atoms with Crippen molar-refractivity contribution in [2.75, 3.05) is 18.6 Å². The Labute approximate surface area is 203 Å². The van der Waals surface area contributed by atoms with Crippen LogP contribution >= 0.6 is 11.6 Å². The van der Waals surface area contributed by atoms with Crippen LogP contribution in [0.5, 0.6) is 5.75 Å². The highest BCUT2D eigenvalue weighted by atomic mass is 35.5. The average Bonchev–Trinajstić information content (AvgIpc) is 3.44. The lowest BCUT2D eigenvalue weighted by atomic mass is 10.1. The van der Waals surface area contributed by atoms with Crippen LogP contribution in [0, 0.1) is 12.8 Å². The van der Waals surface area contributed by atoms with Crippen molar-refractivity contribution in [3.63, 3.8) is 0 Å². The van der Waals surface area contributed by atoms with Gasteiger partial charge in [0.1, 0.15) is 5.75 Å². The summed E-state index contributed by atoms with van der Waals surface area (Å²) in [6.45, 7) is 6.25. The van der Waals surface area contributed by atoms with Gasteiger partial charge < -0.3 is 19.0 Å². The van der Waals surface area contributed by atoms with E-state index in [0.29, 0.717) is 34.8 Å². The summed E-state index contributed by atoms with van der Waals surface area (Å²) < 4.78 is 11.2. The van der Waals surface area contributed by atoms with Gasteiger partial charge in [0.15, 0.2) is 0 Å². The molecule has 2 aromatic carbocycles. The summed E-state index contributed by atoms with van der Waals surface area (Å²) in [5.74, 6) is 0.592. The number of rotatable bonds is 7. The number of carbonyl (C=O) groups excluding carboxylic acids is 2. The quantitative estimate of drug-likeness (QED) is 0.492. The molecule has 178 valence electrons. The zero-order chi connectivity index (χ0) is 24.4. The summed E-state index contributed by atoms with van der Waals surface area (Å²) >= 11 is 5.94. The van der Waals surface area contributed by atoms with Crippen molar-refractivity contribution in [2.45, 2.75) is 39.8 Å². The van der Waals surface area contributed by atoms with Crippen molar-refractivity contribution in [3.8, 4) is 17.2 Å². The number of ether oxygens (including phenoxy) is 1. The molecule has 34 heavy (non-hydrogen) atoms. The molecular weight excluding hydrogens is 456 g/mol. The van der Waals surface area contributed by atoms with E-state index in [4.69, 9.17) is 20.8 Å². The third-order valence-electron chi connectivity index (χ3n) is 5.87. The van der Waals surface area contributed by atoms with E-state index in [1.165, 1.54) is 0 Å². The zero-order valence-corrected chi connectivity index (χ0v) is 20.4. The van der Waals surface area contributed by atoms with Gasteiger partial charge in [0.05, 0.1) is 25.3 Å². The Kier molecular flexibility index (Phi) is 6.88. The number of methoxy groups -OCH3 is 1. The van der Waals surface area contributed by atoms with Gasteiger partial charge in [-0.1, -0.05) is 17.7 Å². The van der Waals surface area contributed by atoms with E-state index >= 15 is 0 Å². The van der Waals surface area contributed by atoms with Crippen LogP contribution in [-0.4, -0.2) is 46.6 Å². The predicted molar refractivity (Wildman–Crippen MR) is 129 cm³/mol. The van der Waals surface area contributed by atoms with Crippen molar-refractivity contribution in [1.82, 2.24) is 15.1 Å². The molecule has 1 aliphatic heterocycles. The Morgan fingerprint density at radius 2 is 1.97 bits per heavy atom. The number of nitrogens with zero attached hydrogens (tertiary/aromatic N) is 4. The van der Waals surface area contributed by atoms with Crippen LogP contribution in [0.2, 0.25) is 5.02 Å². The number of benzene rings is 2. The average molecular weight is 483 g/mol. The summed E-state index contributed by atoms with van der Waals surface area (Å²) in [6.07, 6.45) is 0.138. The van der Waals surface area contributed by atoms with E-state index in [-0.39, 0.29) is 30.8 Å². The van der Waals surface area contributed by atoms with Gasteiger partial charge in [0, 0.05) is 29.6 Å². The molecule has 0 aliphatic carbocycles. The van der Waals surface area contributed by atoms with E-state index in [9.17, 15) is 9.59 Å². The second-order valence-corrected chi connectivity index (χ2v) is 9.08. The number of aromatic nitrogens is 2. The highest BCUT2D eigenvalue weighted by molar-refractivity contribution is 6.30. The second-order valence-electron chi connectivity index (χ2n) is 8.65. The molecule has 1 atom stereocenters. The highest BCUT2D eigenvalue weighted by Gasteiger charge is 2.39. The van der Waals surface area contributed by atoms with E-state index < -0.39 is 5.92 Å². The van der Waals surface area contributed by atoms with Gasteiger partial charge in [0.25, 0.3) is 0 Å². The normalized spacial score (nSPS) is 15.8. The Morgan fingerprint density at radius 3 is 2.65 bits per heavy atom. The van der Waals surface area contributed by atoms with Gasteiger partial charge in [-0.2, -0.15) is 0 Å². The lowest BCUT2D eigenvalue weighted by Gasteiger charge is -2.28. The van der Waals surface area contributed by atoms with Crippen molar-refractivity contribution < 1.29 is 18.7 Å². The fourth-order valence-corrected chi connectivity index (χ4v) is 4.16. The minimum absolute atomic E-state index is 0.103. The van der Waals surface area contributed by atoms with Crippen LogP contribution in [0.3, 0.4) is 0 Å². The second kappa shape index (κ2) is 9.85.